The van der Waals surface area contributed by atoms with Crippen LogP contribution in [0.5, 0.6) is 5.75 Å². The Kier molecular flexibility index (Phi) is 4.53. The van der Waals surface area contributed by atoms with E-state index in [2.05, 4.69) is 4.98 Å². The van der Waals surface area contributed by atoms with Crippen LogP contribution in [0.1, 0.15) is 12.5 Å². The summed E-state index contributed by atoms with van der Waals surface area (Å²) in [6.45, 7) is 1.80. The fourth-order valence-electron chi connectivity index (χ4n) is 3.02. The molecule has 2 unspecified atom stereocenters. The van der Waals surface area contributed by atoms with Crippen molar-refractivity contribution in [3.05, 3.63) is 52.3 Å². The summed E-state index contributed by atoms with van der Waals surface area (Å²) in [6.07, 6.45) is -0.715. The minimum Gasteiger partial charge on any atom is -0.508 e. The number of rotatable bonds is 3. The summed E-state index contributed by atoms with van der Waals surface area (Å²) in [5.74, 6) is 0.160. The van der Waals surface area contributed by atoms with Gasteiger partial charge in [-0.25, -0.2) is 9.78 Å². The van der Waals surface area contributed by atoms with E-state index < -0.39 is 11.8 Å². The third-order valence-electron chi connectivity index (χ3n) is 4.58. The van der Waals surface area contributed by atoms with Gasteiger partial charge in [0.2, 0.25) is 0 Å². The van der Waals surface area contributed by atoms with Crippen molar-refractivity contribution in [1.29, 1.82) is 0 Å². The van der Waals surface area contributed by atoms with Crippen LogP contribution in [-0.4, -0.2) is 44.9 Å². The largest absolute Gasteiger partial charge is 0.508 e. The summed E-state index contributed by atoms with van der Waals surface area (Å²) in [7, 11) is 1.64. The van der Waals surface area contributed by atoms with Crippen LogP contribution in [0.25, 0.3) is 0 Å². The Morgan fingerprint density at radius 1 is 1.20 bits per heavy atom. The number of aliphatic hydroxyl groups excluding tert-OH is 1. The average molecular weight is 382 g/mol. The third-order valence-corrected chi connectivity index (χ3v) is 4.97. The Bertz CT molecular complexity index is 795. The minimum atomic E-state index is -1.12. The summed E-state index contributed by atoms with van der Waals surface area (Å²) < 4.78 is 0. The molecule has 0 saturated carbocycles. The Balaban J connectivity index is 1.96. The highest BCUT2D eigenvalue weighted by atomic mass is 35.5. The Morgan fingerprint density at radius 3 is 2.32 bits per heavy atom. The van der Waals surface area contributed by atoms with E-state index in [4.69, 9.17) is 23.2 Å². The second kappa shape index (κ2) is 6.37. The molecule has 1 saturated heterocycles. The first kappa shape index (κ1) is 17.8. The van der Waals surface area contributed by atoms with Crippen LogP contribution in [0.4, 0.5) is 10.5 Å². The van der Waals surface area contributed by atoms with Gasteiger partial charge in [0.25, 0.3) is 0 Å². The Hall–Kier alpha value is -2.02. The first-order valence-electron chi connectivity index (χ1n) is 7.58. The van der Waals surface area contributed by atoms with Gasteiger partial charge in [0.1, 0.15) is 16.1 Å². The number of hydrogen-bond acceptors (Lipinski definition) is 4. The predicted octanol–water partition coefficient (Wildman–Crippen LogP) is 3.29. The molecule has 2 N–H and O–H groups in total. The molecule has 0 aliphatic carbocycles. The van der Waals surface area contributed by atoms with Gasteiger partial charge in [-0.05, 0) is 43.2 Å². The molecular weight excluding hydrogens is 365 g/mol. The highest BCUT2D eigenvalue weighted by Gasteiger charge is 2.52. The lowest BCUT2D eigenvalue weighted by atomic mass is 9.90. The lowest BCUT2D eigenvalue weighted by Crippen LogP contribution is -2.49. The molecule has 0 bridgehead atoms. The zero-order valence-corrected chi connectivity index (χ0v) is 15.2. The molecule has 1 aromatic carbocycles. The van der Waals surface area contributed by atoms with Crippen LogP contribution in [-0.2, 0) is 6.42 Å². The Morgan fingerprint density at radius 2 is 1.76 bits per heavy atom. The molecule has 8 heteroatoms. The number of pyridine rings is 1. The number of phenolic OH excluding ortho intramolecular Hbond substituents is 1. The van der Waals surface area contributed by atoms with E-state index in [1.54, 1.807) is 38.2 Å². The van der Waals surface area contributed by atoms with Crippen LogP contribution in [0.3, 0.4) is 0 Å². The van der Waals surface area contributed by atoms with Crippen LogP contribution in [0.2, 0.25) is 10.3 Å². The van der Waals surface area contributed by atoms with Gasteiger partial charge in [0.05, 0.1) is 11.2 Å². The molecule has 1 aliphatic heterocycles. The fraction of sp³-hybridized carbons (Fsp3) is 0.294. The third kappa shape index (κ3) is 3.13. The molecule has 1 aliphatic rings. The molecule has 0 radical (unpaired) electrons. The average Bonchev–Trinajstić information content (AvgIpc) is 2.70. The maximum atomic E-state index is 12.7. The number of amides is 2. The van der Waals surface area contributed by atoms with Crippen molar-refractivity contribution < 1.29 is 15.0 Å². The van der Waals surface area contributed by atoms with Gasteiger partial charge >= 0.3 is 6.03 Å². The number of hydrogen-bond donors (Lipinski definition) is 2. The highest BCUT2D eigenvalue weighted by Crippen LogP contribution is 2.37. The van der Waals surface area contributed by atoms with Crippen molar-refractivity contribution in [2.75, 3.05) is 11.9 Å². The molecular formula is C17H17Cl2N3O3. The Labute approximate surface area is 155 Å². The molecule has 2 atom stereocenters. The maximum absolute atomic E-state index is 12.7. The van der Waals surface area contributed by atoms with E-state index in [9.17, 15) is 15.0 Å². The number of halogens is 2. The number of aromatic hydroxyl groups is 1. The minimum absolute atomic E-state index is 0.136. The number of urea groups is 1. The van der Waals surface area contributed by atoms with Crippen molar-refractivity contribution in [2.45, 2.75) is 25.1 Å². The number of benzene rings is 1. The van der Waals surface area contributed by atoms with Crippen LogP contribution < -0.4 is 4.90 Å². The van der Waals surface area contributed by atoms with Gasteiger partial charge in [-0.1, -0.05) is 35.3 Å². The van der Waals surface area contributed by atoms with Crippen molar-refractivity contribution in [3.8, 4) is 5.75 Å². The topological polar surface area (TPSA) is 76.9 Å². The monoisotopic (exact) mass is 381 g/mol. The van der Waals surface area contributed by atoms with E-state index in [0.717, 1.165) is 5.56 Å². The predicted molar refractivity (Wildman–Crippen MR) is 96.1 cm³/mol. The molecule has 2 aromatic rings. The summed E-state index contributed by atoms with van der Waals surface area (Å²) in [5, 5.41) is 20.6. The first-order valence-corrected chi connectivity index (χ1v) is 8.34. The van der Waals surface area contributed by atoms with E-state index in [-0.39, 0.29) is 22.1 Å². The normalized spacial score (nSPS) is 23.4. The van der Waals surface area contributed by atoms with Gasteiger partial charge in [0, 0.05) is 7.05 Å². The van der Waals surface area contributed by atoms with Crippen molar-refractivity contribution >= 4 is 34.9 Å². The van der Waals surface area contributed by atoms with Gasteiger partial charge in [0.15, 0.2) is 6.23 Å². The smallest absolute Gasteiger partial charge is 0.327 e. The zero-order valence-electron chi connectivity index (χ0n) is 13.6. The molecule has 3 rings (SSSR count). The molecule has 0 spiro atoms. The molecule has 1 fully saturated rings. The van der Waals surface area contributed by atoms with Gasteiger partial charge in [-0.3, -0.25) is 4.90 Å². The van der Waals surface area contributed by atoms with Crippen LogP contribution >= 0.6 is 23.2 Å². The number of likely N-dealkylation sites (N-methyl/N-ethyl adjacent to an activating group) is 1. The van der Waals surface area contributed by atoms with Gasteiger partial charge in [-0.2, -0.15) is 0 Å². The van der Waals surface area contributed by atoms with Gasteiger partial charge in [-0.15, -0.1) is 0 Å². The van der Waals surface area contributed by atoms with E-state index in [1.807, 2.05) is 0 Å². The van der Waals surface area contributed by atoms with Crippen molar-refractivity contribution in [2.24, 2.45) is 0 Å². The molecule has 25 heavy (non-hydrogen) atoms. The lowest BCUT2D eigenvalue weighted by molar-refractivity contribution is 0.0592. The number of aliphatic hydroxyl groups is 1. The maximum Gasteiger partial charge on any atom is 0.327 e. The van der Waals surface area contributed by atoms with Crippen LogP contribution in [0, 0.1) is 0 Å². The van der Waals surface area contributed by atoms with E-state index in [1.165, 1.54) is 21.9 Å². The molecule has 1 aromatic heterocycles. The number of carbonyl (C=O) groups is 1. The first-order chi connectivity index (χ1) is 11.7. The quantitative estimate of drug-likeness (QED) is 0.799. The van der Waals surface area contributed by atoms with E-state index >= 15 is 0 Å². The standard InChI is InChI=1S/C17H17Cl2N3O3/c1-17(9-10-3-5-12(23)6-4-10)15(24)22(16(25)21(17)2)11-7-13(18)20-14(19)8-11/h3-8,15,23-24H,9H2,1-2H3. The van der Waals surface area contributed by atoms with Crippen molar-refractivity contribution in [3.63, 3.8) is 0 Å². The summed E-state index contributed by atoms with van der Waals surface area (Å²) >= 11 is 11.8. The molecule has 2 amide bonds. The van der Waals surface area contributed by atoms with Crippen molar-refractivity contribution in [1.82, 2.24) is 9.88 Å². The van der Waals surface area contributed by atoms with Gasteiger partial charge < -0.3 is 15.1 Å². The molecule has 2 heterocycles. The molecule has 6 nitrogen and oxygen atoms in total. The second-order valence-corrected chi connectivity index (χ2v) is 7.03. The molecule has 132 valence electrons. The SMILES string of the molecule is CN1C(=O)N(c2cc(Cl)nc(Cl)c2)C(O)C1(C)Cc1ccc(O)cc1. The summed E-state index contributed by atoms with van der Waals surface area (Å²) in [5.41, 5.74) is 0.381. The number of aromatic nitrogens is 1. The highest BCUT2D eigenvalue weighted by molar-refractivity contribution is 6.33. The number of anilines is 1. The fourth-order valence-corrected chi connectivity index (χ4v) is 3.46. The lowest BCUT2D eigenvalue weighted by Gasteiger charge is -2.34. The van der Waals surface area contributed by atoms with Crippen LogP contribution in [0.15, 0.2) is 36.4 Å². The second-order valence-electron chi connectivity index (χ2n) is 6.26. The summed E-state index contributed by atoms with van der Waals surface area (Å²) in [6, 6.07) is 9.25. The zero-order chi connectivity index (χ0) is 18.4. The number of nitrogens with zero attached hydrogens (tertiary/aromatic N) is 3. The number of carbonyl (C=O) groups excluding carboxylic acids is 1. The number of phenols is 1. The van der Waals surface area contributed by atoms with E-state index in [0.29, 0.717) is 12.1 Å². The summed E-state index contributed by atoms with van der Waals surface area (Å²) in [4.78, 5) is 19.3.